The van der Waals surface area contributed by atoms with Gasteiger partial charge in [-0.2, -0.15) is 4.98 Å². The van der Waals surface area contributed by atoms with Crippen molar-refractivity contribution in [2.24, 2.45) is 10.4 Å². The van der Waals surface area contributed by atoms with Crippen LogP contribution in [0, 0.1) is 5.41 Å². The average Bonchev–Trinajstić information content (AvgIpc) is 2.51. The van der Waals surface area contributed by atoms with Gasteiger partial charge in [0.05, 0.1) is 24.1 Å². The van der Waals surface area contributed by atoms with Gasteiger partial charge in [0.1, 0.15) is 17.0 Å². The number of halogens is 1. The topological polar surface area (TPSA) is 96.7 Å². The molecule has 0 saturated heterocycles. The fraction of sp³-hybridized carbons (Fsp3) is 0.500. The highest BCUT2D eigenvalue weighted by molar-refractivity contribution is 8.93. The van der Waals surface area contributed by atoms with Gasteiger partial charge in [0.15, 0.2) is 0 Å². The van der Waals surface area contributed by atoms with Crippen LogP contribution in [0.5, 0.6) is 5.88 Å². The number of allylic oxidation sites excluding steroid dienone is 2. The second-order valence-electron chi connectivity index (χ2n) is 6.59. The van der Waals surface area contributed by atoms with E-state index in [4.69, 9.17) is 9.84 Å². The number of anilines is 1. The molecule has 1 aliphatic carbocycles. The maximum Gasteiger partial charge on any atom is 0.305 e. The molecule has 0 radical (unpaired) electrons. The van der Waals surface area contributed by atoms with Crippen LogP contribution >= 0.6 is 28.7 Å². The Morgan fingerprint density at radius 1 is 1.44 bits per heavy atom. The Labute approximate surface area is 161 Å². The Bertz CT molecular complexity index is 749. The molecule has 3 rings (SSSR count). The van der Waals surface area contributed by atoms with Crippen molar-refractivity contribution >= 4 is 46.1 Å². The molecule has 0 spiro atoms. The van der Waals surface area contributed by atoms with Crippen LogP contribution in [0.15, 0.2) is 26.9 Å². The summed E-state index contributed by atoms with van der Waals surface area (Å²) in [5, 5.41) is 13.0. The van der Waals surface area contributed by atoms with Crippen molar-refractivity contribution in [2.45, 2.75) is 38.1 Å². The monoisotopic (exact) mass is 428 g/mol. The van der Waals surface area contributed by atoms with Gasteiger partial charge in [-0.05, 0) is 18.3 Å². The quantitative estimate of drug-likeness (QED) is 0.707. The third kappa shape index (κ3) is 4.33. The molecular weight excluding hydrogens is 408 g/mol. The third-order valence-electron chi connectivity index (χ3n) is 3.91. The predicted octanol–water partition coefficient (Wildman–Crippen LogP) is 3.53. The molecule has 136 valence electrons. The van der Waals surface area contributed by atoms with Crippen molar-refractivity contribution in [3.05, 3.63) is 16.9 Å². The van der Waals surface area contributed by atoms with Crippen LogP contribution in [-0.2, 0) is 4.79 Å². The molecule has 0 amide bonds. The summed E-state index contributed by atoms with van der Waals surface area (Å²) in [5.41, 5.74) is 2.86. The first-order valence-electron chi connectivity index (χ1n) is 7.72. The van der Waals surface area contributed by atoms with Crippen molar-refractivity contribution in [3.63, 3.8) is 0 Å². The van der Waals surface area contributed by atoms with Gasteiger partial charge >= 0.3 is 5.97 Å². The lowest BCUT2D eigenvalue weighted by molar-refractivity contribution is -0.136. The number of carboxylic acid groups (broad SMARTS) is 1. The molecule has 9 heteroatoms. The number of hydrogen-bond donors (Lipinski definition) is 2. The fourth-order valence-electron chi connectivity index (χ4n) is 2.91. The fourth-order valence-corrected chi connectivity index (χ4v) is 3.94. The van der Waals surface area contributed by atoms with E-state index < -0.39 is 5.97 Å². The molecule has 1 aromatic rings. The summed E-state index contributed by atoms with van der Waals surface area (Å²) in [7, 11) is 1.59. The molecule has 0 fully saturated rings. The molecular formula is C16H21BrN4O3S. The molecule has 2 N–H and O–H groups in total. The summed E-state index contributed by atoms with van der Waals surface area (Å²) in [6.45, 7) is 4.66. The van der Waals surface area contributed by atoms with E-state index in [0.29, 0.717) is 5.88 Å². The second kappa shape index (κ2) is 7.74. The Morgan fingerprint density at radius 2 is 2.20 bits per heavy atom. The van der Waals surface area contributed by atoms with E-state index in [9.17, 15) is 4.79 Å². The van der Waals surface area contributed by atoms with Crippen molar-refractivity contribution in [1.82, 2.24) is 9.97 Å². The molecule has 1 aliphatic heterocycles. The first kappa shape index (κ1) is 19.7. The molecule has 2 heterocycles. The maximum atomic E-state index is 10.8. The number of aliphatic imine (C=N–C) groups is 1. The van der Waals surface area contributed by atoms with Crippen LogP contribution in [0.1, 0.15) is 33.1 Å². The summed E-state index contributed by atoms with van der Waals surface area (Å²) in [4.78, 5) is 24.8. The number of nitrogens with one attached hydrogen (secondary N) is 1. The Morgan fingerprint density at radius 3 is 2.88 bits per heavy atom. The van der Waals surface area contributed by atoms with Gasteiger partial charge < -0.3 is 15.2 Å². The zero-order valence-corrected chi connectivity index (χ0v) is 16.9. The van der Waals surface area contributed by atoms with Gasteiger partial charge in [0, 0.05) is 12.2 Å². The van der Waals surface area contributed by atoms with E-state index in [1.54, 1.807) is 18.9 Å². The van der Waals surface area contributed by atoms with Crippen molar-refractivity contribution < 1.29 is 14.6 Å². The molecule has 7 nitrogen and oxygen atoms in total. The second-order valence-corrected chi connectivity index (χ2v) is 7.59. The lowest BCUT2D eigenvalue weighted by Gasteiger charge is -2.36. The number of fused-ring (bicyclic) bond motifs is 1. The van der Waals surface area contributed by atoms with E-state index >= 15 is 0 Å². The lowest BCUT2D eigenvalue weighted by Crippen LogP contribution is -2.29. The molecule has 0 bridgehead atoms. The number of carbonyl (C=O) groups is 1. The molecule has 0 saturated carbocycles. The number of carboxylic acids is 1. The van der Waals surface area contributed by atoms with Crippen LogP contribution in [0.4, 0.5) is 5.69 Å². The Balaban J connectivity index is 0.00000225. The van der Waals surface area contributed by atoms with Gasteiger partial charge in [0.2, 0.25) is 5.88 Å². The Kier molecular flexibility index (Phi) is 6.10. The van der Waals surface area contributed by atoms with Crippen molar-refractivity contribution in [1.29, 1.82) is 0 Å². The Hall–Kier alpha value is -1.61. The summed E-state index contributed by atoms with van der Waals surface area (Å²) in [5.74, 6) is -0.312. The minimum Gasteiger partial charge on any atom is -0.481 e. The highest BCUT2D eigenvalue weighted by atomic mass is 79.9. The van der Waals surface area contributed by atoms with Crippen LogP contribution in [-0.4, -0.2) is 40.4 Å². The number of hydrogen-bond acceptors (Lipinski definition) is 7. The summed E-state index contributed by atoms with van der Waals surface area (Å²) in [6.07, 6.45) is 3.21. The van der Waals surface area contributed by atoms with Crippen LogP contribution < -0.4 is 10.1 Å². The normalized spacial score (nSPS) is 19.4. The third-order valence-corrected chi connectivity index (χ3v) is 5.10. The average molecular weight is 429 g/mol. The van der Waals surface area contributed by atoms with E-state index in [-0.39, 0.29) is 35.4 Å². The maximum absolute atomic E-state index is 10.8. The number of nitrogens with zero attached hydrogens (tertiary/aromatic N) is 3. The SMILES string of the molecule is Br.COc1ncnc2c1NC1=C(S2)C(=NCCC(=O)O)CC(C)(C)C1. The smallest absolute Gasteiger partial charge is 0.305 e. The van der Waals surface area contributed by atoms with E-state index in [0.717, 1.165) is 39.9 Å². The molecule has 0 aromatic carbocycles. The molecule has 2 aliphatic rings. The number of thioether (sulfide) groups is 1. The first-order chi connectivity index (χ1) is 11.4. The minimum absolute atomic E-state index is 0. The summed E-state index contributed by atoms with van der Waals surface area (Å²) in [6, 6.07) is 0. The lowest BCUT2D eigenvalue weighted by atomic mass is 9.78. The molecule has 0 unspecified atom stereocenters. The summed E-state index contributed by atoms with van der Waals surface area (Å²) >= 11 is 1.55. The van der Waals surface area contributed by atoms with Gasteiger partial charge in [-0.3, -0.25) is 9.79 Å². The molecule has 0 atom stereocenters. The van der Waals surface area contributed by atoms with E-state index in [1.165, 1.54) is 6.33 Å². The van der Waals surface area contributed by atoms with Crippen LogP contribution in [0.25, 0.3) is 0 Å². The zero-order chi connectivity index (χ0) is 17.3. The van der Waals surface area contributed by atoms with E-state index in [2.05, 4.69) is 34.1 Å². The number of aliphatic carboxylic acids is 1. The number of rotatable bonds is 4. The highest BCUT2D eigenvalue weighted by Gasteiger charge is 2.36. The number of methoxy groups -OCH3 is 1. The standard InChI is InChI=1S/C16H20N4O3S.BrH/c1-16(2)6-9(17-5-4-11(21)22)13-10(7-16)20-12-14(23-3)18-8-19-15(12)24-13;/h8,20H,4-7H2,1-3H3,(H,21,22);1H. The molecule has 1 aromatic heterocycles. The van der Waals surface area contributed by atoms with Gasteiger partial charge in [-0.25, -0.2) is 4.98 Å². The summed E-state index contributed by atoms with van der Waals surface area (Å²) < 4.78 is 5.32. The zero-order valence-electron chi connectivity index (χ0n) is 14.3. The number of aromatic nitrogens is 2. The van der Waals surface area contributed by atoms with Gasteiger partial charge in [0.25, 0.3) is 0 Å². The highest BCUT2D eigenvalue weighted by Crippen LogP contribution is 2.49. The van der Waals surface area contributed by atoms with Crippen molar-refractivity contribution in [3.8, 4) is 5.88 Å². The van der Waals surface area contributed by atoms with Crippen molar-refractivity contribution in [2.75, 3.05) is 19.0 Å². The largest absolute Gasteiger partial charge is 0.481 e. The van der Waals surface area contributed by atoms with Gasteiger partial charge in [-0.15, -0.1) is 17.0 Å². The van der Waals surface area contributed by atoms with Crippen LogP contribution in [0.3, 0.4) is 0 Å². The minimum atomic E-state index is -0.833. The van der Waals surface area contributed by atoms with Gasteiger partial charge in [-0.1, -0.05) is 25.6 Å². The molecule has 25 heavy (non-hydrogen) atoms. The first-order valence-corrected chi connectivity index (χ1v) is 8.54. The van der Waals surface area contributed by atoms with E-state index in [1.807, 2.05) is 0 Å². The van der Waals surface area contributed by atoms with Crippen LogP contribution in [0.2, 0.25) is 0 Å². The number of ether oxygens (including phenoxy) is 1. The predicted molar refractivity (Wildman–Crippen MR) is 103 cm³/mol.